The molecule has 0 saturated carbocycles. The van der Waals surface area contributed by atoms with Crippen LogP contribution in [0.15, 0.2) is 66.2 Å². The van der Waals surface area contributed by atoms with Gasteiger partial charge in [-0.2, -0.15) is 4.94 Å². The van der Waals surface area contributed by atoms with Crippen molar-refractivity contribution >= 4 is 0 Å². The second kappa shape index (κ2) is 4.35. The van der Waals surface area contributed by atoms with Crippen molar-refractivity contribution in [1.82, 2.24) is 10.5 Å². The average molecular weight is 228 g/mol. The molecule has 0 amide bonds. The summed E-state index contributed by atoms with van der Waals surface area (Å²) in [6.07, 6.45) is 7.59. The average Bonchev–Trinajstić information content (AvgIpc) is 2.86. The number of rotatable bonds is 3. The Bertz CT molecular complexity index is 491. The Hall–Kier alpha value is -2.20. The van der Waals surface area contributed by atoms with Gasteiger partial charge in [0.1, 0.15) is 12.4 Å². The smallest absolute Gasteiger partial charge is 0.119 e. The molecule has 17 heavy (non-hydrogen) atoms. The molecule has 0 bridgehead atoms. The minimum absolute atomic E-state index is 0.516. The normalized spacial score (nSPS) is 17.1. The van der Waals surface area contributed by atoms with Crippen LogP contribution in [-0.4, -0.2) is 11.7 Å². The van der Waals surface area contributed by atoms with Crippen molar-refractivity contribution in [2.75, 3.05) is 6.61 Å². The van der Waals surface area contributed by atoms with Crippen molar-refractivity contribution in [3.8, 4) is 5.75 Å². The Morgan fingerprint density at radius 1 is 1.24 bits per heavy atom. The lowest BCUT2D eigenvalue weighted by molar-refractivity contribution is -0.113. The lowest BCUT2D eigenvalue weighted by Gasteiger charge is -2.19. The van der Waals surface area contributed by atoms with Crippen molar-refractivity contribution in [3.05, 3.63) is 66.2 Å². The largest absolute Gasteiger partial charge is 0.489 e. The summed E-state index contributed by atoms with van der Waals surface area (Å²) in [6.45, 7) is 0.516. The van der Waals surface area contributed by atoms with Gasteiger partial charge in [0, 0.05) is 11.8 Å². The van der Waals surface area contributed by atoms with Crippen LogP contribution < -0.4 is 10.2 Å². The Labute approximate surface area is 99.4 Å². The van der Waals surface area contributed by atoms with E-state index < -0.39 is 0 Å². The third-order valence-electron chi connectivity index (χ3n) is 2.57. The summed E-state index contributed by atoms with van der Waals surface area (Å²) >= 11 is 0. The van der Waals surface area contributed by atoms with Gasteiger partial charge < -0.3 is 4.74 Å². The number of hydrogen-bond donors (Lipinski definition) is 1. The van der Waals surface area contributed by atoms with E-state index in [1.165, 1.54) is 0 Å². The van der Waals surface area contributed by atoms with Crippen LogP contribution in [0.4, 0.5) is 0 Å². The number of nitrogens with one attached hydrogen (secondary N) is 1. The second-order valence-electron chi connectivity index (χ2n) is 3.70. The van der Waals surface area contributed by atoms with Gasteiger partial charge in [-0.05, 0) is 18.2 Å². The third-order valence-corrected chi connectivity index (χ3v) is 2.57. The number of fused-ring (bicyclic) bond motifs is 1. The predicted octanol–water partition coefficient (Wildman–Crippen LogP) is 2.11. The van der Waals surface area contributed by atoms with Crippen molar-refractivity contribution in [2.24, 2.45) is 0 Å². The quantitative estimate of drug-likeness (QED) is 0.859. The Balaban J connectivity index is 1.69. The highest BCUT2D eigenvalue weighted by Crippen LogP contribution is 2.24. The summed E-state index contributed by atoms with van der Waals surface area (Å²) in [5, 5.41) is 1.67. The SMILES string of the molecule is C1=CN2ONC=C2C(COc2ccccc2)=C1. The number of para-hydroxylation sites is 1. The zero-order valence-electron chi connectivity index (χ0n) is 9.17. The number of ether oxygens (including phenoxy) is 1. The minimum Gasteiger partial charge on any atom is -0.489 e. The summed E-state index contributed by atoms with van der Waals surface area (Å²) < 4.78 is 5.70. The Morgan fingerprint density at radius 2 is 2.12 bits per heavy atom. The molecule has 0 aliphatic carbocycles. The maximum Gasteiger partial charge on any atom is 0.119 e. The summed E-state index contributed by atoms with van der Waals surface area (Å²) in [5.74, 6) is 0.863. The summed E-state index contributed by atoms with van der Waals surface area (Å²) in [5.41, 5.74) is 4.75. The van der Waals surface area contributed by atoms with E-state index in [-0.39, 0.29) is 0 Å². The van der Waals surface area contributed by atoms with Crippen LogP contribution in [0.2, 0.25) is 0 Å². The molecule has 2 aliphatic rings. The number of nitrogens with zero attached hydrogens (tertiary/aromatic N) is 1. The first-order valence-electron chi connectivity index (χ1n) is 5.41. The molecule has 2 heterocycles. The zero-order valence-corrected chi connectivity index (χ0v) is 9.17. The molecule has 1 N–H and O–H groups in total. The molecule has 86 valence electrons. The van der Waals surface area contributed by atoms with Crippen molar-refractivity contribution in [2.45, 2.75) is 0 Å². The zero-order chi connectivity index (χ0) is 11.5. The van der Waals surface area contributed by atoms with Crippen LogP contribution in [0.1, 0.15) is 0 Å². The molecule has 0 atom stereocenters. The van der Waals surface area contributed by atoms with Crippen molar-refractivity contribution in [3.63, 3.8) is 0 Å². The topological polar surface area (TPSA) is 33.7 Å². The second-order valence-corrected chi connectivity index (χ2v) is 3.70. The highest BCUT2D eigenvalue weighted by molar-refractivity contribution is 5.38. The molecule has 1 aromatic rings. The number of benzene rings is 1. The molecule has 0 spiro atoms. The molecule has 0 unspecified atom stereocenters. The van der Waals surface area contributed by atoms with E-state index in [1.807, 2.05) is 54.9 Å². The summed E-state index contributed by atoms with van der Waals surface area (Å²) in [7, 11) is 0. The first kappa shape index (κ1) is 9.99. The van der Waals surface area contributed by atoms with E-state index in [0.29, 0.717) is 6.61 Å². The van der Waals surface area contributed by atoms with Crippen LogP contribution >= 0.6 is 0 Å². The molecule has 4 nitrogen and oxygen atoms in total. The highest BCUT2D eigenvalue weighted by Gasteiger charge is 2.20. The van der Waals surface area contributed by atoms with Crippen molar-refractivity contribution < 1.29 is 9.68 Å². The van der Waals surface area contributed by atoms with Gasteiger partial charge in [0.15, 0.2) is 0 Å². The van der Waals surface area contributed by atoms with Crippen LogP contribution in [0.25, 0.3) is 0 Å². The lowest BCUT2D eigenvalue weighted by Crippen LogP contribution is -2.19. The van der Waals surface area contributed by atoms with Crippen molar-refractivity contribution in [1.29, 1.82) is 0 Å². The number of allylic oxidation sites excluding steroid dienone is 2. The van der Waals surface area contributed by atoms with Gasteiger partial charge in [-0.15, -0.1) is 0 Å². The van der Waals surface area contributed by atoms with Crippen LogP contribution in [-0.2, 0) is 4.94 Å². The van der Waals surface area contributed by atoms with Crippen LogP contribution in [0, 0.1) is 0 Å². The van der Waals surface area contributed by atoms with Crippen LogP contribution in [0.5, 0.6) is 5.75 Å². The summed E-state index contributed by atoms with van der Waals surface area (Å²) in [6, 6.07) is 9.75. The molecular weight excluding hydrogens is 216 g/mol. The fourth-order valence-electron chi connectivity index (χ4n) is 1.72. The molecule has 0 radical (unpaired) electrons. The number of hydrogen-bond acceptors (Lipinski definition) is 4. The molecular formula is C13H12N2O2. The number of hydroxylamine groups is 3. The summed E-state index contributed by atoms with van der Waals surface area (Å²) in [4.78, 5) is 5.15. The van der Waals surface area contributed by atoms with E-state index >= 15 is 0 Å². The Kier molecular flexibility index (Phi) is 2.55. The van der Waals surface area contributed by atoms with E-state index in [1.54, 1.807) is 5.06 Å². The first-order chi connectivity index (χ1) is 8.43. The fourth-order valence-corrected chi connectivity index (χ4v) is 1.72. The third kappa shape index (κ3) is 2.03. The highest BCUT2D eigenvalue weighted by atomic mass is 16.8. The predicted molar refractivity (Wildman–Crippen MR) is 63.3 cm³/mol. The first-order valence-corrected chi connectivity index (χ1v) is 5.41. The minimum atomic E-state index is 0.516. The molecule has 2 aliphatic heterocycles. The molecule has 4 heteroatoms. The van der Waals surface area contributed by atoms with E-state index in [9.17, 15) is 0 Å². The van der Waals surface area contributed by atoms with Crippen LogP contribution in [0.3, 0.4) is 0 Å². The van der Waals surface area contributed by atoms with E-state index in [4.69, 9.17) is 9.68 Å². The molecule has 0 aromatic heterocycles. The Morgan fingerprint density at radius 3 is 3.00 bits per heavy atom. The van der Waals surface area contributed by atoms with Gasteiger partial charge in [-0.1, -0.05) is 24.3 Å². The molecule has 1 aromatic carbocycles. The van der Waals surface area contributed by atoms with Gasteiger partial charge in [0.25, 0.3) is 0 Å². The van der Waals surface area contributed by atoms with E-state index in [2.05, 4.69) is 5.48 Å². The molecule has 3 rings (SSSR count). The lowest BCUT2D eigenvalue weighted by atomic mass is 10.1. The fraction of sp³-hybridized carbons (Fsp3) is 0.0769. The van der Waals surface area contributed by atoms with Gasteiger partial charge in [-0.25, -0.2) is 10.5 Å². The van der Waals surface area contributed by atoms with Gasteiger partial charge >= 0.3 is 0 Å². The van der Waals surface area contributed by atoms with Gasteiger partial charge in [-0.3, -0.25) is 0 Å². The van der Waals surface area contributed by atoms with Gasteiger partial charge in [0.05, 0.1) is 11.9 Å². The monoisotopic (exact) mass is 228 g/mol. The standard InChI is InChI=1S/C13H12N2O2/c1-2-6-12(7-3-1)16-10-11-5-4-8-15-13(11)9-14-17-15/h1-9,14H,10H2. The van der Waals surface area contributed by atoms with E-state index in [0.717, 1.165) is 17.0 Å². The molecule has 0 fully saturated rings. The maximum absolute atomic E-state index is 5.70. The maximum atomic E-state index is 5.70. The van der Waals surface area contributed by atoms with Gasteiger partial charge in [0.2, 0.25) is 0 Å². The molecule has 0 saturated heterocycles.